The summed E-state index contributed by atoms with van der Waals surface area (Å²) in [6.45, 7) is 0.889. The normalized spacial score (nSPS) is 18.6. The van der Waals surface area contributed by atoms with Crippen LogP contribution in [0.2, 0.25) is 0 Å². The first-order valence-corrected chi connectivity index (χ1v) is 11.1. The van der Waals surface area contributed by atoms with Crippen molar-refractivity contribution in [2.45, 2.75) is 12.0 Å². The highest BCUT2D eigenvalue weighted by Crippen LogP contribution is 2.32. The Balaban J connectivity index is 1.69. The Kier molecular flexibility index (Phi) is 6.15. The molecule has 1 aromatic carbocycles. The fourth-order valence-corrected chi connectivity index (χ4v) is 4.67. The second-order valence-electron chi connectivity index (χ2n) is 7.83. The summed E-state index contributed by atoms with van der Waals surface area (Å²) >= 11 is 1.64. The van der Waals surface area contributed by atoms with Gasteiger partial charge < -0.3 is 14.5 Å². The van der Waals surface area contributed by atoms with Gasteiger partial charge in [0.2, 0.25) is 0 Å². The number of aromatic nitrogens is 1. The molecule has 2 amide bonds. The van der Waals surface area contributed by atoms with Gasteiger partial charge in [0.15, 0.2) is 5.60 Å². The number of rotatable bonds is 5. The summed E-state index contributed by atoms with van der Waals surface area (Å²) in [4.78, 5) is 33.9. The lowest BCUT2D eigenvalue weighted by molar-refractivity contribution is -0.165. The van der Waals surface area contributed by atoms with E-state index in [0.717, 1.165) is 16.7 Å². The Bertz CT molecular complexity index is 1050. The first-order chi connectivity index (χ1) is 15.0. The Morgan fingerprint density at radius 2 is 1.97 bits per heavy atom. The molecule has 160 valence electrons. The average Bonchev–Trinajstić information content (AvgIpc) is 3.34. The zero-order valence-corrected chi connectivity index (χ0v) is 18.5. The van der Waals surface area contributed by atoms with Crippen molar-refractivity contribution in [1.29, 1.82) is 0 Å². The molecule has 0 aliphatic carbocycles. The molecule has 0 spiro atoms. The Morgan fingerprint density at radius 3 is 2.68 bits per heavy atom. The first kappa shape index (κ1) is 21.2. The summed E-state index contributed by atoms with van der Waals surface area (Å²) in [5, 5.41) is 4.13. The number of ether oxygens (including phenoxy) is 1. The third-order valence-corrected chi connectivity index (χ3v) is 6.16. The second-order valence-corrected chi connectivity index (χ2v) is 8.61. The standard InChI is InChI=1S/C24H25N3O3S/c1-26(2)23(29)24(15-18-7-3-4-8-20(18)19-10-14-31-16-19)17-27(12-13-30-24)22(28)21-9-5-6-11-25-21/h3-11,14,16H,12-13,15,17H2,1-2H3. The van der Waals surface area contributed by atoms with Gasteiger partial charge in [-0.25, -0.2) is 0 Å². The molecule has 0 bridgehead atoms. The van der Waals surface area contributed by atoms with Crippen molar-refractivity contribution in [2.75, 3.05) is 33.8 Å². The van der Waals surface area contributed by atoms with Crippen molar-refractivity contribution in [3.05, 3.63) is 76.7 Å². The number of carbonyl (C=O) groups excluding carboxylic acids is 2. The SMILES string of the molecule is CN(C)C(=O)C1(Cc2ccccc2-c2ccsc2)CN(C(=O)c2ccccn2)CCO1. The number of hydrogen-bond acceptors (Lipinski definition) is 5. The molecule has 7 heteroatoms. The van der Waals surface area contributed by atoms with Crippen molar-refractivity contribution in [1.82, 2.24) is 14.8 Å². The fraction of sp³-hybridized carbons (Fsp3) is 0.292. The largest absolute Gasteiger partial charge is 0.361 e. The summed E-state index contributed by atoms with van der Waals surface area (Å²) in [6.07, 6.45) is 1.98. The minimum atomic E-state index is -1.15. The molecule has 1 fully saturated rings. The van der Waals surface area contributed by atoms with Gasteiger partial charge in [-0.2, -0.15) is 11.3 Å². The molecule has 1 saturated heterocycles. The number of thiophene rings is 1. The van der Waals surface area contributed by atoms with Gasteiger partial charge in [-0.3, -0.25) is 14.6 Å². The minimum absolute atomic E-state index is 0.147. The summed E-state index contributed by atoms with van der Waals surface area (Å²) < 4.78 is 6.18. The lowest BCUT2D eigenvalue weighted by atomic mass is 9.87. The van der Waals surface area contributed by atoms with Crippen LogP contribution in [0.5, 0.6) is 0 Å². The summed E-state index contributed by atoms with van der Waals surface area (Å²) in [5.41, 5.74) is 2.42. The Labute approximate surface area is 186 Å². The molecule has 4 rings (SSSR count). The monoisotopic (exact) mass is 435 g/mol. The highest BCUT2D eigenvalue weighted by atomic mass is 32.1. The number of amides is 2. The van der Waals surface area contributed by atoms with Crippen LogP contribution in [0.1, 0.15) is 16.1 Å². The third-order valence-electron chi connectivity index (χ3n) is 5.48. The molecule has 0 saturated carbocycles. The van der Waals surface area contributed by atoms with E-state index in [1.54, 1.807) is 59.6 Å². The van der Waals surface area contributed by atoms with Crippen LogP contribution in [-0.2, 0) is 16.0 Å². The molecule has 3 aromatic rings. The Morgan fingerprint density at radius 1 is 1.16 bits per heavy atom. The molecular formula is C24H25N3O3S. The van der Waals surface area contributed by atoms with Crippen molar-refractivity contribution >= 4 is 23.2 Å². The number of likely N-dealkylation sites (N-methyl/N-ethyl adjacent to an activating group) is 1. The van der Waals surface area contributed by atoms with E-state index in [4.69, 9.17) is 4.74 Å². The minimum Gasteiger partial charge on any atom is -0.361 e. The smallest absolute Gasteiger partial charge is 0.272 e. The van der Waals surface area contributed by atoms with E-state index in [2.05, 4.69) is 22.5 Å². The van der Waals surface area contributed by atoms with Gasteiger partial charge in [-0.05, 0) is 45.6 Å². The molecule has 1 aliphatic heterocycles. The average molecular weight is 436 g/mol. The summed E-state index contributed by atoms with van der Waals surface area (Å²) in [7, 11) is 3.44. The Hall–Kier alpha value is -3.03. The van der Waals surface area contributed by atoms with Gasteiger partial charge in [-0.1, -0.05) is 30.3 Å². The van der Waals surface area contributed by atoms with Gasteiger partial charge in [0.1, 0.15) is 5.69 Å². The number of hydrogen-bond donors (Lipinski definition) is 0. The van der Waals surface area contributed by atoms with Crippen LogP contribution in [0.4, 0.5) is 0 Å². The lowest BCUT2D eigenvalue weighted by Crippen LogP contribution is -2.61. The topological polar surface area (TPSA) is 62.7 Å². The van der Waals surface area contributed by atoms with Crippen LogP contribution in [0, 0.1) is 0 Å². The van der Waals surface area contributed by atoms with E-state index < -0.39 is 5.60 Å². The molecule has 31 heavy (non-hydrogen) atoms. The van der Waals surface area contributed by atoms with Gasteiger partial charge in [-0.15, -0.1) is 0 Å². The van der Waals surface area contributed by atoms with Crippen molar-refractivity contribution in [3.8, 4) is 11.1 Å². The van der Waals surface area contributed by atoms with Gasteiger partial charge in [0, 0.05) is 33.3 Å². The predicted molar refractivity (Wildman–Crippen MR) is 121 cm³/mol. The highest BCUT2D eigenvalue weighted by molar-refractivity contribution is 7.08. The van der Waals surface area contributed by atoms with E-state index >= 15 is 0 Å². The van der Waals surface area contributed by atoms with Crippen LogP contribution in [0.25, 0.3) is 11.1 Å². The fourth-order valence-electron chi connectivity index (χ4n) is 4.01. The van der Waals surface area contributed by atoms with Gasteiger partial charge >= 0.3 is 0 Å². The van der Waals surface area contributed by atoms with Crippen LogP contribution in [-0.4, -0.2) is 66.0 Å². The van der Waals surface area contributed by atoms with Gasteiger partial charge in [0.05, 0.1) is 13.2 Å². The van der Waals surface area contributed by atoms with Crippen LogP contribution in [0.15, 0.2) is 65.5 Å². The lowest BCUT2D eigenvalue weighted by Gasteiger charge is -2.43. The maximum absolute atomic E-state index is 13.4. The van der Waals surface area contributed by atoms with Crippen molar-refractivity contribution in [3.63, 3.8) is 0 Å². The van der Waals surface area contributed by atoms with E-state index in [1.165, 1.54) is 0 Å². The van der Waals surface area contributed by atoms with E-state index in [0.29, 0.717) is 25.3 Å². The quantitative estimate of drug-likeness (QED) is 0.617. The van der Waals surface area contributed by atoms with E-state index in [1.807, 2.05) is 23.6 Å². The molecule has 1 unspecified atom stereocenters. The zero-order chi connectivity index (χ0) is 21.8. The van der Waals surface area contributed by atoms with Gasteiger partial charge in [0.25, 0.3) is 11.8 Å². The van der Waals surface area contributed by atoms with Crippen molar-refractivity contribution in [2.24, 2.45) is 0 Å². The maximum Gasteiger partial charge on any atom is 0.272 e. The highest BCUT2D eigenvalue weighted by Gasteiger charge is 2.46. The maximum atomic E-state index is 13.4. The van der Waals surface area contributed by atoms with Crippen LogP contribution >= 0.6 is 11.3 Å². The summed E-state index contributed by atoms with van der Waals surface area (Å²) in [6, 6.07) is 15.4. The third kappa shape index (κ3) is 4.38. The predicted octanol–water partition coefficient (Wildman–Crippen LogP) is 3.35. The number of pyridine rings is 1. The van der Waals surface area contributed by atoms with Crippen LogP contribution in [0.3, 0.4) is 0 Å². The molecule has 1 atom stereocenters. The molecule has 6 nitrogen and oxygen atoms in total. The first-order valence-electron chi connectivity index (χ1n) is 10.2. The summed E-state index contributed by atoms with van der Waals surface area (Å²) in [5.74, 6) is -0.336. The molecule has 2 aromatic heterocycles. The van der Waals surface area contributed by atoms with E-state index in [-0.39, 0.29) is 18.4 Å². The van der Waals surface area contributed by atoms with Crippen molar-refractivity contribution < 1.29 is 14.3 Å². The molecule has 1 aliphatic rings. The molecular weight excluding hydrogens is 410 g/mol. The van der Waals surface area contributed by atoms with E-state index in [9.17, 15) is 9.59 Å². The number of morpholine rings is 1. The zero-order valence-electron chi connectivity index (χ0n) is 17.7. The number of benzene rings is 1. The molecule has 0 N–H and O–H groups in total. The molecule has 3 heterocycles. The van der Waals surface area contributed by atoms with Crippen LogP contribution < -0.4 is 0 Å². The number of carbonyl (C=O) groups is 2. The molecule has 0 radical (unpaired) electrons. The second kappa shape index (κ2) is 8.99. The number of nitrogens with zero attached hydrogens (tertiary/aromatic N) is 3.